The molecule has 1 aromatic heterocycles. The van der Waals surface area contributed by atoms with Gasteiger partial charge in [0.05, 0.1) is 35.1 Å². The van der Waals surface area contributed by atoms with E-state index in [1.807, 2.05) is 0 Å². The topological polar surface area (TPSA) is 72.5 Å². The number of halogens is 4. The van der Waals surface area contributed by atoms with Gasteiger partial charge in [-0.25, -0.2) is 13.1 Å². The first-order valence-electron chi connectivity index (χ1n) is 7.04. The molecule has 0 aliphatic rings. The third kappa shape index (κ3) is 4.97. The Labute approximate surface area is 156 Å². The second-order valence-corrected chi connectivity index (χ2v) is 8.21. The predicted molar refractivity (Wildman–Crippen MR) is 90.5 cm³/mol. The Morgan fingerprint density at radius 3 is 2.58 bits per heavy atom. The van der Waals surface area contributed by atoms with Crippen molar-refractivity contribution < 1.29 is 31.1 Å². The maximum absolute atomic E-state index is 13.0. The van der Waals surface area contributed by atoms with Crippen LogP contribution in [0, 0.1) is 0 Å². The van der Waals surface area contributed by atoms with E-state index in [0.717, 1.165) is 19.2 Å². The predicted octanol–water partition coefficient (Wildman–Crippen LogP) is 4.00. The zero-order valence-electron chi connectivity index (χ0n) is 13.2. The van der Waals surface area contributed by atoms with Crippen LogP contribution in [-0.2, 0) is 25.7 Å². The summed E-state index contributed by atoms with van der Waals surface area (Å²) in [6.07, 6.45) is -5.11. The fourth-order valence-corrected chi connectivity index (χ4v) is 4.40. The zero-order chi connectivity index (χ0) is 19.5. The maximum atomic E-state index is 13.0. The minimum atomic E-state index is -4.80. The summed E-state index contributed by atoms with van der Waals surface area (Å²) in [5.74, 6) is -0.668. The largest absolute Gasteiger partial charge is 0.469 e. The van der Waals surface area contributed by atoms with Crippen LogP contribution in [0.2, 0.25) is 5.02 Å². The van der Waals surface area contributed by atoms with Crippen LogP contribution in [0.1, 0.15) is 22.9 Å². The van der Waals surface area contributed by atoms with Gasteiger partial charge in [0.15, 0.2) is 0 Å². The van der Waals surface area contributed by atoms with Gasteiger partial charge >= 0.3 is 12.1 Å². The van der Waals surface area contributed by atoms with Gasteiger partial charge in [-0.05, 0) is 29.6 Å². The monoisotopic (exact) mass is 427 g/mol. The third-order valence-corrected chi connectivity index (χ3v) is 6.12. The SMILES string of the molecule is COC(=O)CC(NS(=O)(=O)c1ccc(Cl)c(C(F)(F)F)c1)c1cccs1. The van der Waals surface area contributed by atoms with E-state index in [0.29, 0.717) is 10.9 Å². The minimum absolute atomic E-state index is 0.310. The Balaban J connectivity index is 2.38. The lowest BCUT2D eigenvalue weighted by molar-refractivity contribution is -0.141. The van der Waals surface area contributed by atoms with Gasteiger partial charge < -0.3 is 4.74 Å². The van der Waals surface area contributed by atoms with Gasteiger partial charge in [0.1, 0.15) is 0 Å². The maximum Gasteiger partial charge on any atom is 0.417 e. The molecule has 0 saturated carbocycles. The summed E-state index contributed by atoms with van der Waals surface area (Å²) in [7, 11) is -3.20. The summed E-state index contributed by atoms with van der Waals surface area (Å²) < 4.78 is 70.7. The van der Waals surface area contributed by atoms with Crippen LogP contribution in [-0.4, -0.2) is 21.5 Å². The number of carbonyl (C=O) groups is 1. The van der Waals surface area contributed by atoms with Crippen molar-refractivity contribution in [2.24, 2.45) is 0 Å². The van der Waals surface area contributed by atoms with Crippen LogP contribution < -0.4 is 4.72 Å². The molecule has 2 rings (SSSR count). The van der Waals surface area contributed by atoms with Crippen molar-refractivity contribution in [2.75, 3.05) is 7.11 Å². The van der Waals surface area contributed by atoms with E-state index in [1.165, 1.54) is 11.3 Å². The van der Waals surface area contributed by atoms with Gasteiger partial charge in [0.25, 0.3) is 0 Å². The van der Waals surface area contributed by atoms with E-state index in [1.54, 1.807) is 17.5 Å². The fourth-order valence-electron chi connectivity index (χ4n) is 2.08. The summed E-state index contributed by atoms with van der Waals surface area (Å²) in [4.78, 5) is 11.5. The van der Waals surface area contributed by atoms with Crippen LogP contribution in [0.15, 0.2) is 40.6 Å². The lowest BCUT2D eigenvalue weighted by Crippen LogP contribution is -2.30. The molecule has 11 heteroatoms. The second-order valence-electron chi connectivity index (χ2n) is 5.11. The van der Waals surface area contributed by atoms with Crippen molar-refractivity contribution in [3.63, 3.8) is 0 Å². The Bertz CT molecular complexity index is 883. The molecular weight excluding hydrogens is 415 g/mol. The number of alkyl halides is 3. The van der Waals surface area contributed by atoms with Crippen LogP contribution in [0.3, 0.4) is 0 Å². The number of methoxy groups -OCH3 is 1. The summed E-state index contributed by atoms with van der Waals surface area (Å²) in [6.45, 7) is 0. The Morgan fingerprint density at radius 2 is 2.04 bits per heavy atom. The number of ether oxygens (including phenoxy) is 1. The minimum Gasteiger partial charge on any atom is -0.469 e. The first-order chi connectivity index (χ1) is 12.0. The number of esters is 1. The van der Waals surface area contributed by atoms with Gasteiger partial charge in [-0.15, -0.1) is 11.3 Å². The molecule has 1 N–H and O–H groups in total. The molecule has 2 aromatic rings. The van der Waals surface area contributed by atoms with Crippen LogP contribution in [0.25, 0.3) is 0 Å². The number of rotatable bonds is 6. The first-order valence-corrected chi connectivity index (χ1v) is 9.78. The lowest BCUT2D eigenvalue weighted by atomic mass is 10.2. The highest BCUT2D eigenvalue weighted by Crippen LogP contribution is 2.36. The number of benzene rings is 1. The van der Waals surface area contributed by atoms with Crippen molar-refractivity contribution >= 4 is 38.9 Å². The van der Waals surface area contributed by atoms with E-state index in [2.05, 4.69) is 9.46 Å². The van der Waals surface area contributed by atoms with Crippen molar-refractivity contribution in [2.45, 2.75) is 23.5 Å². The van der Waals surface area contributed by atoms with Gasteiger partial charge in [-0.3, -0.25) is 4.79 Å². The van der Waals surface area contributed by atoms with Gasteiger partial charge in [0.2, 0.25) is 10.0 Å². The van der Waals surface area contributed by atoms with Crippen LogP contribution >= 0.6 is 22.9 Å². The van der Waals surface area contributed by atoms with Gasteiger partial charge in [0, 0.05) is 4.88 Å². The quantitative estimate of drug-likeness (QED) is 0.707. The molecule has 26 heavy (non-hydrogen) atoms. The van der Waals surface area contributed by atoms with E-state index in [-0.39, 0.29) is 6.42 Å². The molecule has 0 saturated heterocycles. The molecule has 0 radical (unpaired) electrons. The van der Waals surface area contributed by atoms with Crippen LogP contribution in [0.5, 0.6) is 0 Å². The van der Waals surface area contributed by atoms with Crippen molar-refractivity contribution in [3.8, 4) is 0 Å². The highest BCUT2D eigenvalue weighted by molar-refractivity contribution is 7.89. The third-order valence-electron chi connectivity index (χ3n) is 3.34. The number of carbonyl (C=O) groups excluding carboxylic acids is 1. The Morgan fingerprint density at radius 1 is 1.35 bits per heavy atom. The van der Waals surface area contributed by atoms with Crippen LogP contribution in [0.4, 0.5) is 13.2 Å². The molecule has 1 heterocycles. The van der Waals surface area contributed by atoms with Crippen molar-refractivity contribution in [1.82, 2.24) is 4.72 Å². The van der Waals surface area contributed by atoms with Gasteiger partial charge in [-0.1, -0.05) is 17.7 Å². The Kier molecular flexibility index (Phi) is 6.33. The van der Waals surface area contributed by atoms with E-state index in [4.69, 9.17) is 11.6 Å². The molecule has 0 spiro atoms. The molecule has 1 aromatic carbocycles. The van der Waals surface area contributed by atoms with Crippen molar-refractivity contribution in [3.05, 3.63) is 51.2 Å². The zero-order valence-corrected chi connectivity index (χ0v) is 15.6. The average Bonchev–Trinajstić information content (AvgIpc) is 3.07. The number of nitrogens with one attached hydrogen (secondary N) is 1. The first kappa shape index (κ1) is 20.7. The molecule has 0 amide bonds. The fraction of sp³-hybridized carbons (Fsp3) is 0.267. The highest BCUT2D eigenvalue weighted by Gasteiger charge is 2.35. The van der Waals surface area contributed by atoms with E-state index in [9.17, 15) is 26.4 Å². The standard InChI is InChI=1S/C15H13ClF3NO4S2/c1-24-14(21)8-12(13-3-2-6-25-13)20-26(22,23)9-4-5-11(16)10(7-9)15(17,18)19/h2-7,12,20H,8H2,1H3. The number of thiophene rings is 1. The summed E-state index contributed by atoms with van der Waals surface area (Å²) >= 11 is 6.70. The van der Waals surface area contributed by atoms with E-state index < -0.39 is 43.7 Å². The summed E-state index contributed by atoms with van der Waals surface area (Å²) in [5.41, 5.74) is -1.26. The second kappa shape index (κ2) is 7.95. The lowest BCUT2D eigenvalue weighted by Gasteiger charge is -2.17. The molecule has 1 unspecified atom stereocenters. The molecule has 0 fully saturated rings. The molecule has 0 aliphatic carbocycles. The van der Waals surface area contributed by atoms with E-state index >= 15 is 0 Å². The number of sulfonamides is 1. The number of hydrogen-bond acceptors (Lipinski definition) is 5. The molecule has 0 aliphatic heterocycles. The smallest absolute Gasteiger partial charge is 0.417 e. The summed E-state index contributed by atoms with van der Waals surface area (Å²) in [5, 5.41) is 1.07. The molecular formula is C15H13ClF3NO4S2. The molecule has 5 nitrogen and oxygen atoms in total. The van der Waals surface area contributed by atoms with Gasteiger partial charge in [-0.2, -0.15) is 13.2 Å². The Hall–Kier alpha value is -1.62. The normalized spacial score (nSPS) is 13.4. The highest BCUT2D eigenvalue weighted by atomic mass is 35.5. The van der Waals surface area contributed by atoms with Crippen molar-refractivity contribution in [1.29, 1.82) is 0 Å². The average molecular weight is 428 g/mol. The molecule has 1 atom stereocenters. The molecule has 0 bridgehead atoms. The number of hydrogen-bond donors (Lipinski definition) is 1. The summed E-state index contributed by atoms with van der Waals surface area (Å²) in [6, 6.07) is 4.56. The molecule has 142 valence electrons.